The van der Waals surface area contributed by atoms with Gasteiger partial charge in [0.2, 0.25) is 0 Å². The Kier molecular flexibility index (Phi) is 3.16. The lowest BCUT2D eigenvalue weighted by molar-refractivity contribution is 0.230. The fourth-order valence-electron chi connectivity index (χ4n) is 3.84. The first-order valence-corrected chi connectivity index (χ1v) is 8.20. The Labute approximate surface area is 128 Å². The van der Waals surface area contributed by atoms with Gasteiger partial charge >= 0.3 is 0 Å². The van der Waals surface area contributed by atoms with Crippen LogP contribution in [-0.4, -0.2) is 18.0 Å². The predicted molar refractivity (Wildman–Crippen MR) is 86.0 cm³/mol. The summed E-state index contributed by atoms with van der Waals surface area (Å²) in [6, 6.07) is 18.6. The molecule has 0 N–H and O–H groups in total. The van der Waals surface area contributed by atoms with E-state index >= 15 is 0 Å². The number of hydrogen-bond acceptors (Lipinski definition) is 1. The molecule has 2 heterocycles. The molecule has 0 bridgehead atoms. The second-order valence-electron chi connectivity index (χ2n) is 5.89. The molecular formula is C18H18BrN. The molecule has 0 amide bonds. The van der Waals surface area contributed by atoms with Gasteiger partial charge in [-0.3, -0.25) is 4.90 Å². The van der Waals surface area contributed by atoms with Crippen LogP contribution in [0.15, 0.2) is 53.0 Å². The van der Waals surface area contributed by atoms with Gasteiger partial charge in [0.25, 0.3) is 0 Å². The molecule has 0 spiro atoms. The maximum Gasteiger partial charge on any atom is 0.0351 e. The second-order valence-corrected chi connectivity index (χ2v) is 6.80. The van der Waals surface area contributed by atoms with E-state index in [4.69, 9.17) is 0 Å². The highest BCUT2D eigenvalue weighted by Gasteiger charge is 2.35. The van der Waals surface area contributed by atoms with E-state index in [9.17, 15) is 0 Å². The molecule has 2 atom stereocenters. The lowest BCUT2D eigenvalue weighted by Crippen LogP contribution is -2.34. The number of fused-ring (bicyclic) bond motifs is 3. The molecule has 0 saturated carbocycles. The van der Waals surface area contributed by atoms with E-state index in [1.165, 1.54) is 37.1 Å². The Balaban J connectivity index is 1.80. The first-order chi connectivity index (χ1) is 9.83. The fraction of sp³-hybridized carbons (Fsp3) is 0.333. The van der Waals surface area contributed by atoms with Crippen LogP contribution < -0.4 is 0 Å². The van der Waals surface area contributed by atoms with Crippen molar-refractivity contribution in [1.82, 2.24) is 4.90 Å². The first kappa shape index (κ1) is 12.6. The number of hydrogen-bond donors (Lipinski definition) is 0. The van der Waals surface area contributed by atoms with E-state index in [1.807, 2.05) is 0 Å². The smallest absolute Gasteiger partial charge is 0.0351 e. The molecule has 20 heavy (non-hydrogen) atoms. The van der Waals surface area contributed by atoms with Crippen LogP contribution in [0, 0.1) is 0 Å². The van der Waals surface area contributed by atoms with Gasteiger partial charge in [-0.1, -0.05) is 52.3 Å². The van der Waals surface area contributed by atoms with Gasteiger partial charge in [0.1, 0.15) is 0 Å². The Hall–Kier alpha value is -1.12. The number of benzene rings is 2. The maximum absolute atomic E-state index is 3.54. The van der Waals surface area contributed by atoms with Crippen molar-refractivity contribution in [2.24, 2.45) is 0 Å². The van der Waals surface area contributed by atoms with Crippen LogP contribution in [0.5, 0.6) is 0 Å². The number of nitrogens with zero attached hydrogens (tertiary/aromatic N) is 1. The SMILES string of the molecule is Brc1ccc([C@@H]2CN3CCC[C@H]3c3ccccc32)cc1. The Morgan fingerprint density at radius 3 is 2.50 bits per heavy atom. The summed E-state index contributed by atoms with van der Waals surface area (Å²) in [6.45, 7) is 2.43. The minimum absolute atomic E-state index is 0.522. The number of halogens is 1. The summed E-state index contributed by atoms with van der Waals surface area (Å²) in [5.74, 6) is 0.522. The van der Waals surface area contributed by atoms with E-state index in [-0.39, 0.29) is 0 Å². The quantitative estimate of drug-likeness (QED) is 0.731. The molecule has 2 aliphatic rings. The fourth-order valence-corrected chi connectivity index (χ4v) is 4.11. The van der Waals surface area contributed by atoms with Gasteiger partial charge in [-0.15, -0.1) is 0 Å². The third-order valence-electron chi connectivity index (χ3n) is 4.78. The molecule has 2 aromatic carbocycles. The molecule has 1 nitrogen and oxygen atoms in total. The largest absolute Gasteiger partial charge is 0.295 e. The van der Waals surface area contributed by atoms with Gasteiger partial charge in [0, 0.05) is 23.0 Å². The Bertz CT molecular complexity index is 620. The van der Waals surface area contributed by atoms with Crippen molar-refractivity contribution in [1.29, 1.82) is 0 Å². The maximum atomic E-state index is 3.54. The summed E-state index contributed by atoms with van der Waals surface area (Å²) >= 11 is 3.54. The molecule has 0 aliphatic carbocycles. The lowest BCUT2D eigenvalue weighted by atomic mass is 9.82. The summed E-state index contributed by atoms with van der Waals surface area (Å²) in [6.07, 6.45) is 2.66. The van der Waals surface area contributed by atoms with Gasteiger partial charge < -0.3 is 0 Å². The van der Waals surface area contributed by atoms with Gasteiger partial charge in [-0.2, -0.15) is 0 Å². The van der Waals surface area contributed by atoms with E-state index in [0.29, 0.717) is 12.0 Å². The first-order valence-electron chi connectivity index (χ1n) is 7.41. The van der Waals surface area contributed by atoms with Gasteiger partial charge in [0.05, 0.1) is 0 Å². The van der Waals surface area contributed by atoms with E-state index in [1.54, 1.807) is 5.56 Å². The van der Waals surface area contributed by atoms with Crippen molar-refractivity contribution in [3.63, 3.8) is 0 Å². The standard InChI is InChI=1S/C18H18BrN/c19-14-9-7-13(8-10-14)17-12-20-11-3-6-18(20)16-5-2-1-4-15(16)17/h1-2,4-5,7-10,17-18H,3,6,11-12H2/t17-,18-/m0/s1. The molecule has 2 aliphatic heterocycles. The lowest BCUT2D eigenvalue weighted by Gasteiger charge is -2.37. The van der Waals surface area contributed by atoms with Crippen LogP contribution >= 0.6 is 15.9 Å². The van der Waals surface area contributed by atoms with E-state index in [0.717, 1.165) is 4.47 Å². The van der Waals surface area contributed by atoms with Crippen LogP contribution in [0.2, 0.25) is 0 Å². The number of rotatable bonds is 1. The monoisotopic (exact) mass is 327 g/mol. The van der Waals surface area contributed by atoms with Gasteiger partial charge in [0.15, 0.2) is 0 Å². The van der Waals surface area contributed by atoms with Crippen LogP contribution in [0.1, 0.15) is 41.5 Å². The van der Waals surface area contributed by atoms with Crippen molar-refractivity contribution in [3.8, 4) is 0 Å². The highest BCUT2D eigenvalue weighted by Crippen LogP contribution is 2.44. The van der Waals surface area contributed by atoms with E-state index < -0.39 is 0 Å². The summed E-state index contributed by atoms with van der Waals surface area (Å²) < 4.78 is 1.16. The van der Waals surface area contributed by atoms with Gasteiger partial charge in [-0.25, -0.2) is 0 Å². The average molecular weight is 328 g/mol. The molecule has 1 saturated heterocycles. The third kappa shape index (κ3) is 2.02. The Morgan fingerprint density at radius 2 is 1.70 bits per heavy atom. The zero-order chi connectivity index (χ0) is 13.5. The average Bonchev–Trinajstić information content (AvgIpc) is 2.96. The zero-order valence-electron chi connectivity index (χ0n) is 11.4. The van der Waals surface area contributed by atoms with Gasteiger partial charge in [-0.05, 0) is 48.2 Å². The van der Waals surface area contributed by atoms with Crippen LogP contribution in [0.25, 0.3) is 0 Å². The van der Waals surface area contributed by atoms with Crippen LogP contribution in [0.4, 0.5) is 0 Å². The van der Waals surface area contributed by atoms with Crippen molar-refractivity contribution in [2.75, 3.05) is 13.1 Å². The summed E-state index contributed by atoms with van der Waals surface area (Å²) in [5.41, 5.74) is 4.54. The molecule has 102 valence electrons. The Morgan fingerprint density at radius 1 is 0.950 bits per heavy atom. The highest BCUT2D eigenvalue weighted by atomic mass is 79.9. The topological polar surface area (TPSA) is 3.24 Å². The van der Waals surface area contributed by atoms with Crippen LogP contribution in [-0.2, 0) is 0 Å². The molecule has 0 aromatic heterocycles. The van der Waals surface area contributed by atoms with Crippen LogP contribution in [0.3, 0.4) is 0 Å². The van der Waals surface area contributed by atoms with Crippen molar-refractivity contribution < 1.29 is 0 Å². The third-order valence-corrected chi connectivity index (χ3v) is 5.31. The minimum atomic E-state index is 0.522. The molecule has 2 heteroatoms. The summed E-state index contributed by atoms with van der Waals surface area (Å²) in [4.78, 5) is 2.68. The molecule has 1 fully saturated rings. The summed E-state index contributed by atoms with van der Waals surface area (Å²) in [7, 11) is 0. The second kappa shape index (κ2) is 5.01. The molecular weight excluding hydrogens is 310 g/mol. The highest BCUT2D eigenvalue weighted by molar-refractivity contribution is 9.10. The minimum Gasteiger partial charge on any atom is -0.295 e. The van der Waals surface area contributed by atoms with E-state index in [2.05, 4.69) is 69.4 Å². The van der Waals surface area contributed by atoms with Crippen molar-refractivity contribution in [2.45, 2.75) is 24.8 Å². The summed E-state index contributed by atoms with van der Waals surface area (Å²) in [5, 5.41) is 0. The van der Waals surface area contributed by atoms with Crippen molar-refractivity contribution in [3.05, 3.63) is 69.7 Å². The molecule has 0 unspecified atom stereocenters. The molecule has 2 aromatic rings. The molecule has 0 radical (unpaired) electrons. The van der Waals surface area contributed by atoms with Crippen molar-refractivity contribution >= 4 is 15.9 Å². The normalized spacial score (nSPS) is 25.2. The molecule has 4 rings (SSSR count). The zero-order valence-corrected chi connectivity index (χ0v) is 13.0. The predicted octanol–water partition coefficient (Wildman–Crippen LogP) is 4.73.